The lowest BCUT2D eigenvalue weighted by Crippen LogP contribution is -2.35. The van der Waals surface area contributed by atoms with Gasteiger partial charge < -0.3 is 10.1 Å². The molecule has 0 bridgehead atoms. The summed E-state index contributed by atoms with van der Waals surface area (Å²) in [7, 11) is -3.67. The first-order valence-corrected chi connectivity index (χ1v) is 13.6. The largest absolute Gasteiger partial charge is 0.379 e. The molecule has 1 saturated heterocycles. The topological polar surface area (TPSA) is 79.0 Å². The summed E-state index contributed by atoms with van der Waals surface area (Å²) < 4.78 is 45.4. The lowest BCUT2D eigenvalue weighted by atomic mass is 10.1. The van der Waals surface area contributed by atoms with Crippen LogP contribution in [0.3, 0.4) is 0 Å². The Labute approximate surface area is 211 Å². The summed E-state index contributed by atoms with van der Waals surface area (Å²) in [6, 6.07) is 20.4. The Bertz CT molecular complexity index is 1280. The number of nitrogens with one attached hydrogen (secondary N) is 1. The molecule has 0 unspecified atom stereocenters. The van der Waals surface area contributed by atoms with Crippen molar-refractivity contribution in [3.8, 4) is 0 Å². The molecule has 0 aromatic heterocycles. The molecule has 1 fully saturated rings. The van der Waals surface area contributed by atoms with Gasteiger partial charge in [0.1, 0.15) is 5.82 Å². The quantitative estimate of drug-likeness (QED) is 0.475. The van der Waals surface area contributed by atoms with Crippen LogP contribution >= 0.6 is 0 Å². The van der Waals surface area contributed by atoms with Gasteiger partial charge in [-0.05, 0) is 41.5 Å². The number of halogens is 1. The Balaban J connectivity index is 1.35. The normalized spacial score (nSPS) is 14.4. The van der Waals surface area contributed by atoms with Crippen molar-refractivity contribution in [2.24, 2.45) is 0 Å². The average molecular weight is 512 g/mol. The highest BCUT2D eigenvalue weighted by Crippen LogP contribution is 2.22. The molecule has 7 nitrogen and oxygen atoms in total. The van der Waals surface area contributed by atoms with E-state index in [0.29, 0.717) is 17.8 Å². The Kier molecular flexibility index (Phi) is 8.35. The fourth-order valence-electron chi connectivity index (χ4n) is 4.02. The van der Waals surface area contributed by atoms with E-state index in [9.17, 15) is 17.6 Å². The zero-order valence-electron chi connectivity index (χ0n) is 20.2. The molecule has 0 radical (unpaired) electrons. The van der Waals surface area contributed by atoms with E-state index in [-0.39, 0.29) is 18.0 Å². The number of benzene rings is 3. The monoisotopic (exact) mass is 511 g/mol. The Hall–Kier alpha value is -3.27. The van der Waals surface area contributed by atoms with E-state index in [1.165, 1.54) is 11.6 Å². The molecule has 36 heavy (non-hydrogen) atoms. The molecule has 190 valence electrons. The van der Waals surface area contributed by atoms with Gasteiger partial charge in [0.05, 0.1) is 31.7 Å². The molecule has 0 atom stereocenters. The van der Waals surface area contributed by atoms with Crippen molar-refractivity contribution in [1.82, 2.24) is 10.2 Å². The maximum Gasteiger partial charge on any atom is 0.251 e. The molecule has 1 amide bonds. The standard InChI is InChI=1S/C27H30FN3O4S/c1-36(33,34)31(20-24-4-2-3-5-26(24)28)25-12-10-23(11-13-25)27(32)29-18-21-6-8-22(9-7-21)19-30-14-16-35-17-15-30/h2-13H,14-20H2,1H3,(H,29,32). The van der Waals surface area contributed by atoms with E-state index in [1.54, 1.807) is 42.5 Å². The van der Waals surface area contributed by atoms with Crippen molar-refractivity contribution in [3.63, 3.8) is 0 Å². The van der Waals surface area contributed by atoms with Gasteiger partial charge in [-0.2, -0.15) is 0 Å². The van der Waals surface area contributed by atoms with Gasteiger partial charge in [-0.25, -0.2) is 12.8 Å². The Morgan fingerprint density at radius 1 is 0.972 bits per heavy atom. The minimum atomic E-state index is -3.67. The van der Waals surface area contributed by atoms with Gasteiger partial charge >= 0.3 is 0 Å². The van der Waals surface area contributed by atoms with Gasteiger partial charge in [0.15, 0.2) is 0 Å². The van der Waals surface area contributed by atoms with Crippen molar-refractivity contribution < 1.29 is 22.3 Å². The van der Waals surface area contributed by atoms with Gasteiger partial charge in [0.25, 0.3) is 5.91 Å². The van der Waals surface area contributed by atoms with Crippen LogP contribution in [-0.4, -0.2) is 51.8 Å². The summed E-state index contributed by atoms with van der Waals surface area (Å²) in [6.45, 7) is 4.51. The van der Waals surface area contributed by atoms with Crippen LogP contribution in [0.2, 0.25) is 0 Å². The summed E-state index contributed by atoms with van der Waals surface area (Å²) >= 11 is 0. The van der Waals surface area contributed by atoms with Crippen molar-refractivity contribution in [2.45, 2.75) is 19.6 Å². The molecule has 4 rings (SSSR count). The average Bonchev–Trinajstić information content (AvgIpc) is 2.88. The zero-order valence-corrected chi connectivity index (χ0v) is 21.0. The molecule has 9 heteroatoms. The number of hydrogen-bond acceptors (Lipinski definition) is 5. The van der Waals surface area contributed by atoms with Crippen LogP contribution < -0.4 is 9.62 Å². The van der Waals surface area contributed by atoms with Crippen LogP contribution in [0.25, 0.3) is 0 Å². The molecule has 0 spiro atoms. The number of nitrogens with zero attached hydrogens (tertiary/aromatic N) is 2. The third kappa shape index (κ3) is 6.90. The van der Waals surface area contributed by atoms with Crippen LogP contribution in [-0.2, 0) is 34.4 Å². The molecule has 3 aromatic rings. The molecule has 0 aliphatic carbocycles. The maximum atomic E-state index is 14.1. The highest BCUT2D eigenvalue weighted by molar-refractivity contribution is 7.92. The van der Waals surface area contributed by atoms with E-state index in [1.807, 2.05) is 12.1 Å². The second kappa shape index (κ2) is 11.6. The number of amides is 1. The molecular weight excluding hydrogens is 481 g/mol. The molecular formula is C27H30FN3O4S. The summed E-state index contributed by atoms with van der Waals surface area (Å²) in [5, 5.41) is 2.89. The fraction of sp³-hybridized carbons (Fsp3) is 0.296. The lowest BCUT2D eigenvalue weighted by Gasteiger charge is -2.26. The van der Waals surface area contributed by atoms with Crippen LogP contribution in [0.4, 0.5) is 10.1 Å². The first-order valence-electron chi connectivity index (χ1n) is 11.8. The van der Waals surface area contributed by atoms with Gasteiger partial charge in [-0.15, -0.1) is 0 Å². The number of carbonyl (C=O) groups excluding carboxylic acids is 1. The minimum absolute atomic E-state index is 0.140. The number of ether oxygens (including phenoxy) is 1. The van der Waals surface area contributed by atoms with E-state index in [2.05, 4.69) is 22.3 Å². The first-order chi connectivity index (χ1) is 17.3. The molecule has 3 aromatic carbocycles. The first kappa shape index (κ1) is 25.8. The van der Waals surface area contributed by atoms with Crippen LogP contribution in [0, 0.1) is 5.82 Å². The van der Waals surface area contributed by atoms with Crippen LogP contribution in [0.5, 0.6) is 0 Å². The van der Waals surface area contributed by atoms with E-state index in [4.69, 9.17) is 4.74 Å². The van der Waals surface area contributed by atoms with Gasteiger partial charge in [-0.3, -0.25) is 14.0 Å². The minimum Gasteiger partial charge on any atom is -0.379 e. The second-order valence-corrected chi connectivity index (χ2v) is 10.7. The maximum absolute atomic E-state index is 14.1. The summed E-state index contributed by atoms with van der Waals surface area (Å²) in [5.74, 6) is -0.741. The zero-order chi connectivity index (χ0) is 25.5. The predicted molar refractivity (Wildman–Crippen MR) is 138 cm³/mol. The Morgan fingerprint density at radius 2 is 1.61 bits per heavy atom. The third-order valence-electron chi connectivity index (χ3n) is 6.08. The van der Waals surface area contributed by atoms with Crippen molar-refractivity contribution in [2.75, 3.05) is 36.9 Å². The van der Waals surface area contributed by atoms with Crippen molar-refractivity contribution in [1.29, 1.82) is 0 Å². The SMILES string of the molecule is CS(=O)(=O)N(Cc1ccccc1F)c1ccc(C(=O)NCc2ccc(CN3CCOCC3)cc2)cc1. The highest BCUT2D eigenvalue weighted by atomic mass is 32.2. The van der Waals surface area contributed by atoms with Gasteiger partial charge in [0.2, 0.25) is 10.0 Å². The van der Waals surface area contributed by atoms with Gasteiger partial charge in [0, 0.05) is 37.3 Å². The number of sulfonamides is 1. The smallest absolute Gasteiger partial charge is 0.251 e. The molecule has 1 N–H and O–H groups in total. The third-order valence-corrected chi connectivity index (χ3v) is 7.22. The molecule has 1 aliphatic rings. The van der Waals surface area contributed by atoms with E-state index >= 15 is 0 Å². The summed E-state index contributed by atoms with van der Waals surface area (Å²) in [6.07, 6.45) is 1.07. The van der Waals surface area contributed by atoms with Gasteiger partial charge in [-0.1, -0.05) is 42.5 Å². The molecule has 1 aliphatic heterocycles. The molecule has 0 saturated carbocycles. The number of morpholine rings is 1. The Morgan fingerprint density at radius 3 is 2.25 bits per heavy atom. The van der Waals surface area contributed by atoms with E-state index in [0.717, 1.165) is 49.0 Å². The number of hydrogen-bond donors (Lipinski definition) is 1. The van der Waals surface area contributed by atoms with Crippen LogP contribution in [0.15, 0.2) is 72.8 Å². The van der Waals surface area contributed by atoms with Crippen LogP contribution in [0.1, 0.15) is 27.0 Å². The van der Waals surface area contributed by atoms with Crippen molar-refractivity contribution in [3.05, 3.63) is 101 Å². The molecule has 1 heterocycles. The van der Waals surface area contributed by atoms with E-state index < -0.39 is 15.8 Å². The predicted octanol–water partition coefficient (Wildman–Crippen LogP) is 3.55. The van der Waals surface area contributed by atoms with Crippen molar-refractivity contribution >= 4 is 21.6 Å². The number of anilines is 1. The number of rotatable bonds is 9. The number of carbonyl (C=O) groups is 1. The summed E-state index contributed by atoms with van der Waals surface area (Å²) in [4.78, 5) is 15.0. The summed E-state index contributed by atoms with van der Waals surface area (Å²) in [5.41, 5.74) is 3.23. The second-order valence-electron chi connectivity index (χ2n) is 8.80. The lowest BCUT2D eigenvalue weighted by molar-refractivity contribution is 0.0342. The fourth-order valence-corrected chi connectivity index (χ4v) is 4.90. The highest BCUT2D eigenvalue weighted by Gasteiger charge is 2.20.